The third kappa shape index (κ3) is 3.52. The van der Waals surface area contributed by atoms with Gasteiger partial charge in [-0.3, -0.25) is 0 Å². The second kappa shape index (κ2) is 7.72. The van der Waals surface area contributed by atoms with Crippen molar-refractivity contribution in [2.45, 2.75) is 6.54 Å². The van der Waals surface area contributed by atoms with Crippen LogP contribution in [0.5, 0.6) is 5.75 Å². The van der Waals surface area contributed by atoms with E-state index in [1.54, 1.807) is 0 Å². The number of benzene rings is 4. The molecule has 4 aromatic carbocycles. The summed E-state index contributed by atoms with van der Waals surface area (Å²) < 4.78 is 9.49. The third-order valence-electron chi connectivity index (χ3n) is 5.08. The molecule has 0 atom stereocenters. The number of hydrogen-bond donors (Lipinski definition) is 0. The largest absolute Gasteiger partial charge is 0.491 e. The molecule has 142 valence electrons. The lowest BCUT2D eigenvalue weighted by molar-refractivity contribution is 0.304. The van der Waals surface area contributed by atoms with Crippen LogP contribution in [0.2, 0.25) is 0 Å². The molecule has 0 spiro atoms. The van der Waals surface area contributed by atoms with Crippen LogP contribution in [0, 0.1) is 0 Å². The second-order valence-corrected chi connectivity index (χ2v) is 7.82. The van der Waals surface area contributed by atoms with Gasteiger partial charge in [-0.2, -0.15) is 0 Å². The second-order valence-electron chi connectivity index (χ2n) is 6.91. The molecule has 3 nitrogen and oxygen atoms in total. The zero-order valence-corrected chi connectivity index (χ0v) is 17.3. The third-order valence-corrected chi connectivity index (χ3v) is 5.61. The normalized spacial score (nSPS) is 11.2. The Morgan fingerprint density at radius 2 is 1.55 bits per heavy atom. The fourth-order valence-corrected chi connectivity index (χ4v) is 3.95. The van der Waals surface area contributed by atoms with Gasteiger partial charge in [-0.1, -0.05) is 76.6 Å². The average molecular weight is 443 g/mol. The van der Waals surface area contributed by atoms with Crippen LogP contribution in [0.15, 0.2) is 95.5 Å². The first-order chi connectivity index (χ1) is 14.3. The summed E-state index contributed by atoms with van der Waals surface area (Å²) in [5, 5.41) is 2.33. The molecule has 1 heterocycles. The van der Waals surface area contributed by atoms with Crippen LogP contribution >= 0.6 is 15.9 Å². The topological polar surface area (TPSA) is 27.1 Å². The molecule has 5 rings (SSSR count). The van der Waals surface area contributed by atoms with Crippen LogP contribution in [-0.2, 0) is 6.54 Å². The number of fused-ring (bicyclic) bond motifs is 2. The standard InChI is InChI=1S/C25H19BrN2O/c26-20-14-12-19(13-15-20)25-27-22-9-3-4-10-23(22)28(25)16-17-29-24-11-5-7-18-6-1-2-8-21(18)24/h1-15H,16-17H2. The van der Waals surface area contributed by atoms with Gasteiger partial charge < -0.3 is 9.30 Å². The summed E-state index contributed by atoms with van der Waals surface area (Å²) in [4.78, 5) is 4.88. The number of nitrogens with zero attached hydrogens (tertiary/aromatic N) is 2. The van der Waals surface area contributed by atoms with Gasteiger partial charge in [0.25, 0.3) is 0 Å². The molecule has 0 aliphatic rings. The Morgan fingerprint density at radius 1 is 0.793 bits per heavy atom. The van der Waals surface area contributed by atoms with Crippen molar-refractivity contribution in [1.82, 2.24) is 9.55 Å². The smallest absolute Gasteiger partial charge is 0.141 e. The zero-order chi connectivity index (χ0) is 19.6. The predicted octanol–water partition coefficient (Wildman–Crippen LogP) is 6.70. The lowest BCUT2D eigenvalue weighted by atomic mass is 10.1. The fraction of sp³-hybridized carbons (Fsp3) is 0.0800. The lowest BCUT2D eigenvalue weighted by Gasteiger charge is -2.12. The molecule has 0 aliphatic carbocycles. The number of imidazole rings is 1. The van der Waals surface area contributed by atoms with Crippen molar-refractivity contribution in [3.8, 4) is 17.1 Å². The van der Waals surface area contributed by atoms with Crippen LogP contribution in [0.25, 0.3) is 33.2 Å². The lowest BCUT2D eigenvalue weighted by Crippen LogP contribution is -2.09. The molecule has 0 N–H and O–H groups in total. The molecule has 0 unspecified atom stereocenters. The SMILES string of the molecule is Brc1ccc(-c2nc3ccccc3n2CCOc2cccc3ccccc23)cc1. The van der Waals surface area contributed by atoms with E-state index in [9.17, 15) is 0 Å². The van der Waals surface area contributed by atoms with E-state index >= 15 is 0 Å². The summed E-state index contributed by atoms with van der Waals surface area (Å²) in [7, 11) is 0. The Bertz CT molecular complexity index is 1290. The van der Waals surface area contributed by atoms with Gasteiger partial charge >= 0.3 is 0 Å². The van der Waals surface area contributed by atoms with Crippen molar-refractivity contribution in [2.75, 3.05) is 6.61 Å². The summed E-state index contributed by atoms with van der Waals surface area (Å²) in [6.07, 6.45) is 0. The summed E-state index contributed by atoms with van der Waals surface area (Å²) in [5.41, 5.74) is 3.21. The first kappa shape index (κ1) is 18.0. The molecule has 0 fully saturated rings. The molecule has 4 heteroatoms. The van der Waals surface area contributed by atoms with Gasteiger partial charge in [-0.05, 0) is 35.7 Å². The van der Waals surface area contributed by atoms with E-state index in [0.29, 0.717) is 6.61 Å². The molecule has 0 amide bonds. The van der Waals surface area contributed by atoms with E-state index in [1.807, 2.05) is 42.5 Å². The van der Waals surface area contributed by atoms with Crippen molar-refractivity contribution in [1.29, 1.82) is 0 Å². The molecule has 0 bridgehead atoms. The highest BCUT2D eigenvalue weighted by Gasteiger charge is 2.12. The van der Waals surface area contributed by atoms with Gasteiger partial charge in [0.2, 0.25) is 0 Å². The quantitative estimate of drug-likeness (QED) is 0.302. The summed E-state index contributed by atoms with van der Waals surface area (Å²) in [5.74, 6) is 1.87. The Labute approximate surface area is 177 Å². The molecule has 0 aliphatic heterocycles. The van der Waals surface area contributed by atoms with Crippen LogP contribution in [-0.4, -0.2) is 16.2 Å². The average Bonchev–Trinajstić information content (AvgIpc) is 3.13. The van der Waals surface area contributed by atoms with Crippen LogP contribution in [0.4, 0.5) is 0 Å². The maximum atomic E-state index is 6.20. The number of aromatic nitrogens is 2. The van der Waals surface area contributed by atoms with Crippen LogP contribution < -0.4 is 4.74 Å². The summed E-state index contributed by atoms with van der Waals surface area (Å²) in [6, 6.07) is 31.0. The minimum absolute atomic E-state index is 0.567. The summed E-state index contributed by atoms with van der Waals surface area (Å²) >= 11 is 3.51. The molecule has 5 aromatic rings. The number of ether oxygens (including phenoxy) is 1. The fourth-order valence-electron chi connectivity index (χ4n) is 3.69. The first-order valence-corrected chi connectivity index (χ1v) is 10.4. The van der Waals surface area contributed by atoms with Gasteiger partial charge in [-0.15, -0.1) is 0 Å². The van der Waals surface area contributed by atoms with E-state index in [-0.39, 0.29) is 0 Å². The van der Waals surface area contributed by atoms with E-state index in [1.165, 1.54) is 5.39 Å². The van der Waals surface area contributed by atoms with Crippen molar-refractivity contribution in [3.05, 3.63) is 95.5 Å². The van der Waals surface area contributed by atoms with Gasteiger partial charge in [-0.25, -0.2) is 4.98 Å². The first-order valence-electron chi connectivity index (χ1n) is 9.61. The van der Waals surface area contributed by atoms with E-state index in [4.69, 9.17) is 9.72 Å². The Morgan fingerprint density at radius 3 is 2.45 bits per heavy atom. The molecule has 29 heavy (non-hydrogen) atoms. The summed E-state index contributed by atoms with van der Waals surface area (Å²) in [6.45, 7) is 1.28. The van der Waals surface area contributed by atoms with E-state index in [0.717, 1.165) is 44.6 Å². The molecule has 0 saturated heterocycles. The maximum absolute atomic E-state index is 6.20. The van der Waals surface area contributed by atoms with Crippen molar-refractivity contribution < 1.29 is 4.74 Å². The van der Waals surface area contributed by atoms with E-state index in [2.05, 4.69) is 69.0 Å². The van der Waals surface area contributed by atoms with Crippen molar-refractivity contribution >= 4 is 37.7 Å². The molecule has 1 aromatic heterocycles. The molecular formula is C25H19BrN2O. The molecule has 0 radical (unpaired) electrons. The van der Waals surface area contributed by atoms with Gasteiger partial charge in [0.15, 0.2) is 0 Å². The Hall–Kier alpha value is -3.11. The predicted molar refractivity (Wildman–Crippen MR) is 122 cm³/mol. The zero-order valence-electron chi connectivity index (χ0n) is 15.8. The van der Waals surface area contributed by atoms with Gasteiger partial charge in [0, 0.05) is 15.4 Å². The van der Waals surface area contributed by atoms with Crippen LogP contribution in [0.3, 0.4) is 0 Å². The monoisotopic (exact) mass is 442 g/mol. The minimum Gasteiger partial charge on any atom is -0.491 e. The Balaban J connectivity index is 1.47. The number of halogens is 1. The number of rotatable bonds is 5. The maximum Gasteiger partial charge on any atom is 0.141 e. The van der Waals surface area contributed by atoms with E-state index < -0.39 is 0 Å². The highest BCUT2D eigenvalue weighted by atomic mass is 79.9. The van der Waals surface area contributed by atoms with Gasteiger partial charge in [0.05, 0.1) is 17.6 Å². The molecular weight excluding hydrogens is 424 g/mol. The van der Waals surface area contributed by atoms with Crippen molar-refractivity contribution in [2.24, 2.45) is 0 Å². The Kier molecular flexibility index (Phi) is 4.78. The number of para-hydroxylation sites is 2. The minimum atomic E-state index is 0.567. The van der Waals surface area contributed by atoms with Crippen molar-refractivity contribution in [3.63, 3.8) is 0 Å². The van der Waals surface area contributed by atoms with Crippen LogP contribution in [0.1, 0.15) is 0 Å². The highest BCUT2D eigenvalue weighted by Crippen LogP contribution is 2.28. The molecule has 0 saturated carbocycles. The number of hydrogen-bond acceptors (Lipinski definition) is 2. The highest BCUT2D eigenvalue weighted by molar-refractivity contribution is 9.10. The van der Waals surface area contributed by atoms with Gasteiger partial charge in [0.1, 0.15) is 18.2 Å².